The van der Waals surface area contributed by atoms with Gasteiger partial charge in [-0.1, -0.05) is 24.3 Å². The zero-order valence-electron chi connectivity index (χ0n) is 20.2. The van der Waals surface area contributed by atoms with Crippen molar-refractivity contribution in [3.8, 4) is 0 Å². The summed E-state index contributed by atoms with van der Waals surface area (Å²) in [5, 5.41) is 9.18. The number of ether oxygens (including phenoxy) is 4. The molecule has 1 N–H and O–H groups in total. The van der Waals surface area contributed by atoms with E-state index in [1.807, 2.05) is 0 Å². The maximum absolute atomic E-state index is 9.18. The first-order valence-electron chi connectivity index (χ1n) is 12.5. The van der Waals surface area contributed by atoms with Crippen LogP contribution in [-0.4, -0.2) is 132 Å². The monoisotopic (exact) mass is 465 g/mol. The van der Waals surface area contributed by atoms with Crippen molar-refractivity contribution in [2.45, 2.75) is 13.0 Å². The van der Waals surface area contributed by atoms with E-state index in [9.17, 15) is 5.11 Å². The molecule has 3 rings (SSSR count). The van der Waals surface area contributed by atoms with Crippen LogP contribution < -0.4 is 0 Å². The molecule has 0 aromatic heterocycles. The highest BCUT2D eigenvalue weighted by molar-refractivity contribution is 5.22. The Bertz CT molecular complexity index is 571. The van der Waals surface area contributed by atoms with Crippen molar-refractivity contribution < 1.29 is 24.1 Å². The summed E-state index contributed by atoms with van der Waals surface area (Å²) in [6.07, 6.45) is 0.711. The molecule has 8 nitrogen and oxygen atoms in total. The van der Waals surface area contributed by atoms with Crippen LogP contribution in [0.15, 0.2) is 24.3 Å². The molecular formula is C25H43N3O5. The Labute approximate surface area is 199 Å². The Morgan fingerprint density at radius 1 is 0.545 bits per heavy atom. The average molecular weight is 466 g/mol. The van der Waals surface area contributed by atoms with Crippen LogP contribution in [-0.2, 0) is 31.9 Å². The van der Waals surface area contributed by atoms with Gasteiger partial charge in [0, 0.05) is 65.5 Å². The van der Waals surface area contributed by atoms with Crippen molar-refractivity contribution in [3.63, 3.8) is 0 Å². The number of fused-ring (bicyclic) bond motifs is 6. The van der Waals surface area contributed by atoms with Gasteiger partial charge in [-0.2, -0.15) is 0 Å². The molecule has 1 aromatic carbocycles. The molecule has 2 fully saturated rings. The summed E-state index contributed by atoms with van der Waals surface area (Å²) in [6, 6.07) is 8.66. The summed E-state index contributed by atoms with van der Waals surface area (Å²) in [7, 11) is 0. The Morgan fingerprint density at radius 2 is 0.970 bits per heavy atom. The molecule has 0 radical (unpaired) electrons. The van der Waals surface area contributed by atoms with Crippen LogP contribution in [0.1, 0.15) is 11.1 Å². The Morgan fingerprint density at radius 3 is 1.39 bits per heavy atom. The summed E-state index contributed by atoms with van der Waals surface area (Å²) >= 11 is 0. The van der Waals surface area contributed by atoms with Gasteiger partial charge in [0.2, 0.25) is 0 Å². The predicted molar refractivity (Wildman–Crippen MR) is 129 cm³/mol. The molecule has 0 spiro atoms. The van der Waals surface area contributed by atoms with E-state index in [4.69, 9.17) is 18.9 Å². The summed E-state index contributed by atoms with van der Waals surface area (Å²) in [6.45, 7) is 14.1. The first-order valence-corrected chi connectivity index (χ1v) is 12.5. The highest BCUT2D eigenvalue weighted by Gasteiger charge is 2.14. The standard InChI is InChI=1S/C25H43N3O5/c29-14-5-24-1-3-25(4-2-24)23-28-8-6-26-10-15-30-19-21-32-17-12-27(7-9-28)13-18-33-22-20-31-16-11-26/h1-4,29H,5-23H2. The van der Waals surface area contributed by atoms with E-state index >= 15 is 0 Å². The van der Waals surface area contributed by atoms with Crippen molar-refractivity contribution in [2.24, 2.45) is 0 Å². The van der Waals surface area contributed by atoms with Crippen LogP contribution in [0.2, 0.25) is 0 Å². The highest BCUT2D eigenvalue weighted by atomic mass is 16.5. The first kappa shape index (κ1) is 26.5. The highest BCUT2D eigenvalue weighted by Crippen LogP contribution is 2.09. The number of rotatable bonds is 4. The Kier molecular flexibility index (Phi) is 13.3. The largest absolute Gasteiger partial charge is 0.396 e. The first-order chi connectivity index (χ1) is 16.3. The molecule has 8 heteroatoms. The van der Waals surface area contributed by atoms with Gasteiger partial charge in [0.1, 0.15) is 0 Å². The summed E-state index contributed by atoms with van der Waals surface area (Å²) in [5.74, 6) is 0. The third-order valence-electron chi connectivity index (χ3n) is 6.25. The lowest BCUT2D eigenvalue weighted by Crippen LogP contribution is -2.42. The zero-order chi connectivity index (χ0) is 23.0. The lowest BCUT2D eigenvalue weighted by atomic mass is 10.1. The number of nitrogens with zero attached hydrogens (tertiary/aromatic N) is 3. The second-order valence-electron chi connectivity index (χ2n) is 8.70. The molecule has 0 aliphatic carbocycles. The van der Waals surface area contributed by atoms with E-state index in [1.165, 1.54) is 11.1 Å². The molecule has 0 amide bonds. The van der Waals surface area contributed by atoms with Crippen molar-refractivity contribution in [1.82, 2.24) is 14.7 Å². The maximum atomic E-state index is 9.18. The van der Waals surface area contributed by atoms with Gasteiger partial charge in [-0.15, -0.1) is 0 Å². The third-order valence-corrected chi connectivity index (χ3v) is 6.25. The molecule has 0 atom stereocenters. The number of hydrogen-bond acceptors (Lipinski definition) is 8. The molecule has 2 bridgehead atoms. The fraction of sp³-hybridized carbons (Fsp3) is 0.760. The molecule has 0 saturated carbocycles. The fourth-order valence-corrected chi connectivity index (χ4v) is 4.12. The van der Waals surface area contributed by atoms with Crippen molar-refractivity contribution >= 4 is 0 Å². The van der Waals surface area contributed by atoms with Gasteiger partial charge < -0.3 is 24.1 Å². The van der Waals surface area contributed by atoms with E-state index < -0.39 is 0 Å². The van der Waals surface area contributed by atoms with Gasteiger partial charge in [-0.3, -0.25) is 14.7 Å². The Hall–Kier alpha value is -1.10. The Balaban J connectivity index is 1.68. The molecule has 0 unspecified atom stereocenters. The number of aliphatic hydroxyl groups is 1. The van der Waals surface area contributed by atoms with Crippen molar-refractivity contribution in [3.05, 3.63) is 35.4 Å². The van der Waals surface area contributed by atoms with Gasteiger partial charge >= 0.3 is 0 Å². The number of benzene rings is 1. The molecule has 2 aliphatic heterocycles. The van der Waals surface area contributed by atoms with Crippen LogP contribution >= 0.6 is 0 Å². The van der Waals surface area contributed by atoms with Gasteiger partial charge in [0.05, 0.1) is 52.9 Å². The molecule has 33 heavy (non-hydrogen) atoms. The predicted octanol–water partition coefficient (Wildman–Crippen LogP) is 0.721. The van der Waals surface area contributed by atoms with Crippen LogP contribution in [0.3, 0.4) is 0 Å². The molecule has 2 heterocycles. The van der Waals surface area contributed by atoms with Crippen LogP contribution in [0, 0.1) is 0 Å². The van der Waals surface area contributed by atoms with Crippen LogP contribution in [0.4, 0.5) is 0 Å². The van der Waals surface area contributed by atoms with Gasteiger partial charge in [-0.05, 0) is 17.5 Å². The molecule has 2 aliphatic rings. The minimum atomic E-state index is 0.192. The lowest BCUT2D eigenvalue weighted by Gasteiger charge is -2.30. The summed E-state index contributed by atoms with van der Waals surface area (Å²) < 4.78 is 23.3. The molecule has 188 valence electrons. The van der Waals surface area contributed by atoms with Crippen molar-refractivity contribution in [2.75, 3.05) is 112 Å². The second kappa shape index (κ2) is 16.5. The lowest BCUT2D eigenvalue weighted by molar-refractivity contribution is 0.00977. The van der Waals surface area contributed by atoms with Crippen LogP contribution in [0.5, 0.6) is 0 Å². The van der Waals surface area contributed by atoms with E-state index in [2.05, 4.69) is 39.0 Å². The average Bonchev–Trinajstić information content (AvgIpc) is 2.84. The van der Waals surface area contributed by atoms with E-state index in [0.717, 1.165) is 58.9 Å². The smallest absolute Gasteiger partial charge is 0.0701 e. The van der Waals surface area contributed by atoms with Crippen molar-refractivity contribution in [1.29, 1.82) is 0 Å². The maximum Gasteiger partial charge on any atom is 0.0701 e. The van der Waals surface area contributed by atoms with E-state index in [1.54, 1.807) is 0 Å². The van der Waals surface area contributed by atoms with E-state index in [-0.39, 0.29) is 6.61 Å². The molecule has 1 aromatic rings. The second-order valence-corrected chi connectivity index (χ2v) is 8.70. The summed E-state index contributed by atoms with van der Waals surface area (Å²) in [4.78, 5) is 7.43. The summed E-state index contributed by atoms with van der Waals surface area (Å²) in [5.41, 5.74) is 2.49. The fourth-order valence-electron chi connectivity index (χ4n) is 4.12. The van der Waals surface area contributed by atoms with E-state index in [0.29, 0.717) is 59.3 Å². The zero-order valence-corrected chi connectivity index (χ0v) is 20.2. The minimum Gasteiger partial charge on any atom is -0.396 e. The molecular weight excluding hydrogens is 422 g/mol. The molecule has 2 saturated heterocycles. The van der Waals surface area contributed by atoms with Crippen LogP contribution in [0.25, 0.3) is 0 Å². The van der Waals surface area contributed by atoms with Gasteiger partial charge in [0.25, 0.3) is 0 Å². The topological polar surface area (TPSA) is 66.9 Å². The minimum absolute atomic E-state index is 0.192. The SMILES string of the molecule is OCCc1ccc(CN2CCN3CCOCCOCCN(CCOCCOCC3)CC2)cc1. The number of aliphatic hydroxyl groups excluding tert-OH is 1. The van der Waals surface area contributed by atoms with Gasteiger partial charge in [-0.25, -0.2) is 0 Å². The number of hydrogen-bond donors (Lipinski definition) is 1. The quantitative estimate of drug-likeness (QED) is 0.653. The third kappa shape index (κ3) is 11.2. The normalized spacial score (nSPS) is 26.0. The van der Waals surface area contributed by atoms with Gasteiger partial charge in [0.15, 0.2) is 0 Å².